The number of alkyl halides is 3. The molecule has 2 aromatic rings. The highest BCUT2D eigenvalue weighted by molar-refractivity contribution is 5.65. The summed E-state index contributed by atoms with van der Waals surface area (Å²) in [5.74, 6) is 0.710. The molecule has 0 heterocycles. The van der Waals surface area contributed by atoms with Crippen molar-refractivity contribution in [2.45, 2.75) is 57.5 Å². The van der Waals surface area contributed by atoms with E-state index in [2.05, 4.69) is 6.92 Å². The molecule has 0 nitrogen and oxygen atoms in total. The summed E-state index contributed by atoms with van der Waals surface area (Å²) in [6.07, 6.45) is 2.33. The first kappa shape index (κ1) is 20.4. The fourth-order valence-electron chi connectivity index (χ4n) is 5.36. The zero-order chi connectivity index (χ0) is 20.8. The van der Waals surface area contributed by atoms with Crippen molar-refractivity contribution in [2.75, 3.05) is 0 Å². The zero-order valence-electron chi connectivity index (χ0n) is 16.4. The molecule has 29 heavy (non-hydrogen) atoms. The van der Waals surface area contributed by atoms with Crippen molar-refractivity contribution >= 4 is 0 Å². The van der Waals surface area contributed by atoms with Gasteiger partial charge in [-0.05, 0) is 85.1 Å². The van der Waals surface area contributed by atoms with Gasteiger partial charge in [0.2, 0.25) is 0 Å². The van der Waals surface area contributed by atoms with Crippen LogP contribution in [0.3, 0.4) is 0 Å². The second-order valence-corrected chi connectivity index (χ2v) is 8.88. The molecular formula is C24H25F5. The van der Waals surface area contributed by atoms with Gasteiger partial charge in [0, 0.05) is 5.56 Å². The van der Waals surface area contributed by atoms with E-state index in [1.54, 1.807) is 6.07 Å². The van der Waals surface area contributed by atoms with Gasteiger partial charge in [-0.2, -0.15) is 13.2 Å². The largest absolute Gasteiger partial charge is 0.419 e. The van der Waals surface area contributed by atoms with Gasteiger partial charge in [-0.25, -0.2) is 8.78 Å². The first-order valence-electron chi connectivity index (χ1n) is 10.4. The lowest BCUT2D eigenvalue weighted by Crippen LogP contribution is -2.29. The van der Waals surface area contributed by atoms with Crippen LogP contribution in [-0.2, 0) is 6.18 Å². The fraction of sp³-hybridized carbons (Fsp3) is 0.500. The molecule has 0 aromatic heterocycles. The maximum absolute atomic E-state index is 14.8. The van der Waals surface area contributed by atoms with Gasteiger partial charge < -0.3 is 0 Å². The van der Waals surface area contributed by atoms with Gasteiger partial charge in [0.1, 0.15) is 11.6 Å². The Labute approximate surface area is 168 Å². The zero-order valence-corrected chi connectivity index (χ0v) is 16.4. The molecule has 0 N–H and O–H groups in total. The Morgan fingerprint density at radius 2 is 1.52 bits per heavy atom. The minimum atomic E-state index is -4.76. The van der Waals surface area contributed by atoms with Crippen molar-refractivity contribution in [3.63, 3.8) is 0 Å². The van der Waals surface area contributed by atoms with Crippen LogP contribution in [0.25, 0.3) is 11.1 Å². The van der Waals surface area contributed by atoms with Crippen molar-refractivity contribution in [1.29, 1.82) is 0 Å². The smallest absolute Gasteiger partial charge is 0.206 e. The molecule has 0 amide bonds. The highest BCUT2D eigenvalue weighted by Crippen LogP contribution is 2.47. The minimum Gasteiger partial charge on any atom is -0.206 e. The Bertz CT molecular complexity index is 885. The lowest BCUT2D eigenvalue weighted by molar-refractivity contribution is -0.139. The van der Waals surface area contributed by atoms with E-state index in [0.29, 0.717) is 17.9 Å². The molecule has 4 atom stereocenters. The molecule has 2 aromatic carbocycles. The van der Waals surface area contributed by atoms with Gasteiger partial charge in [-0.3, -0.25) is 0 Å². The van der Waals surface area contributed by atoms with Crippen LogP contribution in [0, 0.1) is 29.4 Å². The van der Waals surface area contributed by atoms with Crippen LogP contribution in [0.4, 0.5) is 22.0 Å². The van der Waals surface area contributed by atoms with Crippen LogP contribution in [-0.4, -0.2) is 0 Å². The predicted molar refractivity (Wildman–Crippen MR) is 103 cm³/mol. The van der Waals surface area contributed by atoms with E-state index in [1.807, 2.05) is 6.07 Å². The Morgan fingerprint density at radius 1 is 0.793 bits per heavy atom. The van der Waals surface area contributed by atoms with E-state index in [0.717, 1.165) is 42.4 Å². The number of rotatable bonds is 2. The van der Waals surface area contributed by atoms with Crippen molar-refractivity contribution in [3.8, 4) is 11.1 Å². The summed E-state index contributed by atoms with van der Waals surface area (Å²) in [5.41, 5.74) is -0.154. The summed E-state index contributed by atoms with van der Waals surface area (Å²) in [5, 5.41) is 0. The summed E-state index contributed by atoms with van der Waals surface area (Å²) in [6, 6.07) is 7.46. The number of benzene rings is 2. The lowest BCUT2D eigenvalue weighted by atomic mass is 9.64. The average molecular weight is 408 g/mol. The second kappa shape index (κ2) is 7.73. The molecule has 4 unspecified atom stereocenters. The molecule has 0 aliphatic heterocycles. The van der Waals surface area contributed by atoms with Crippen LogP contribution in [0.15, 0.2) is 36.4 Å². The van der Waals surface area contributed by atoms with E-state index < -0.39 is 23.4 Å². The van der Waals surface area contributed by atoms with Gasteiger partial charge in [-0.1, -0.05) is 31.5 Å². The second-order valence-electron chi connectivity index (χ2n) is 8.88. The summed E-state index contributed by atoms with van der Waals surface area (Å²) in [4.78, 5) is 0. The molecule has 0 saturated heterocycles. The van der Waals surface area contributed by atoms with Gasteiger partial charge in [0.25, 0.3) is 0 Å². The van der Waals surface area contributed by atoms with E-state index >= 15 is 0 Å². The number of halogens is 5. The molecule has 2 aliphatic carbocycles. The summed E-state index contributed by atoms with van der Waals surface area (Å²) >= 11 is 0. The number of fused-ring (bicyclic) bond motifs is 1. The maximum Gasteiger partial charge on any atom is 0.419 e. The topological polar surface area (TPSA) is 0 Å². The quantitative estimate of drug-likeness (QED) is 0.442. The Morgan fingerprint density at radius 3 is 2.21 bits per heavy atom. The van der Waals surface area contributed by atoms with Crippen LogP contribution < -0.4 is 0 Å². The molecule has 0 spiro atoms. The molecule has 156 valence electrons. The van der Waals surface area contributed by atoms with Gasteiger partial charge in [-0.15, -0.1) is 0 Å². The molecule has 4 rings (SSSR count). The summed E-state index contributed by atoms with van der Waals surface area (Å²) < 4.78 is 66.9. The normalized spacial score (nSPS) is 27.5. The Balaban J connectivity index is 1.54. The maximum atomic E-state index is 14.8. The average Bonchev–Trinajstić information content (AvgIpc) is 2.66. The van der Waals surface area contributed by atoms with Gasteiger partial charge >= 0.3 is 6.18 Å². The molecule has 0 radical (unpaired) electrons. The number of hydrogen-bond donors (Lipinski definition) is 0. The summed E-state index contributed by atoms with van der Waals surface area (Å²) in [6.45, 7) is 2.32. The van der Waals surface area contributed by atoms with Crippen molar-refractivity contribution < 1.29 is 22.0 Å². The third-order valence-corrected chi connectivity index (χ3v) is 6.93. The first-order valence-corrected chi connectivity index (χ1v) is 10.4. The van der Waals surface area contributed by atoms with Gasteiger partial charge in [0.05, 0.1) is 5.56 Å². The summed E-state index contributed by atoms with van der Waals surface area (Å²) in [7, 11) is 0. The van der Waals surface area contributed by atoms with Crippen LogP contribution in [0.2, 0.25) is 0 Å². The van der Waals surface area contributed by atoms with Crippen molar-refractivity contribution in [1.82, 2.24) is 0 Å². The lowest BCUT2D eigenvalue weighted by Gasteiger charge is -2.41. The van der Waals surface area contributed by atoms with E-state index in [4.69, 9.17) is 0 Å². The van der Waals surface area contributed by atoms with Crippen LogP contribution in [0.5, 0.6) is 0 Å². The van der Waals surface area contributed by atoms with Gasteiger partial charge in [0.15, 0.2) is 0 Å². The van der Waals surface area contributed by atoms with E-state index in [9.17, 15) is 22.0 Å². The Hall–Kier alpha value is -1.91. The van der Waals surface area contributed by atoms with Crippen LogP contribution >= 0.6 is 0 Å². The SMILES string of the molecule is CC1CCC2CC(c3ccc(-c4ccc(C(F)(F)F)c(F)c4)c(F)c3)CCC2C1. The van der Waals surface area contributed by atoms with Crippen LogP contribution in [0.1, 0.15) is 62.5 Å². The monoisotopic (exact) mass is 408 g/mol. The molecular weight excluding hydrogens is 383 g/mol. The minimum absolute atomic E-state index is 0.115. The highest BCUT2D eigenvalue weighted by atomic mass is 19.4. The molecule has 5 heteroatoms. The first-order chi connectivity index (χ1) is 13.7. The van der Waals surface area contributed by atoms with Crippen molar-refractivity contribution in [3.05, 3.63) is 59.2 Å². The third-order valence-electron chi connectivity index (χ3n) is 6.93. The molecule has 2 aliphatic rings. The standard InChI is InChI=1S/C24H25F5/c1-14-2-3-16-11-17(5-4-15(16)10-14)18-6-8-20(22(25)12-18)19-7-9-21(23(26)13-19)24(27,28)29/h6-9,12-17H,2-5,10-11H2,1H3. The molecule has 2 saturated carbocycles. The predicted octanol–water partition coefficient (Wildman–Crippen LogP) is 7.97. The third kappa shape index (κ3) is 4.19. The van der Waals surface area contributed by atoms with Crippen molar-refractivity contribution in [2.24, 2.45) is 17.8 Å². The fourth-order valence-corrected chi connectivity index (χ4v) is 5.36. The molecule has 0 bridgehead atoms. The highest BCUT2D eigenvalue weighted by Gasteiger charge is 2.35. The van der Waals surface area contributed by atoms with E-state index in [-0.39, 0.29) is 11.1 Å². The van der Waals surface area contributed by atoms with E-state index in [1.165, 1.54) is 31.7 Å². The number of hydrogen-bond acceptors (Lipinski definition) is 0. The molecule has 2 fully saturated rings. The Kier molecular flexibility index (Phi) is 5.43.